The third-order valence-electron chi connectivity index (χ3n) is 6.05. The second kappa shape index (κ2) is 9.13. The molecule has 0 spiro atoms. The molecule has 2 N–H and O–H groups in total. The van der Waals surface area contributed by atoms with Gasteiger partial charge in [-0.05, 0) is 31.5 Å². The van der Waals surface area contributed by atoms with Crippen molar-refractivity contribution in [3.63, 3.8) is 0 Å². The zero-order chi connectivity index (χ0) is 22.8. The third kappa shape index (κ3) is 4.50. The number of hydrogen-bond donors (Lipinski definition) is 2. The predicted octanol–water partition coefficient (Wildman–Crippen LogP) is 2.78. The molecule has 0 bridgehead atoms. The average Bonchev–Trinajstić information content (AvgIpc) is 3.41. The van der Waals surface area contributed by atoms with Gasteiger partial charge in [-0.15, -0.1) is 0 Å². The first-order chi connectivity index (χ1) is 16.1. The summed E-state index contributed by atoms with van der Waals surface area (Å²) < 4.78 is 7.32. The molecule has 9 heteroatoms. The highest BCUT2D eigenvalue weighted by atomic mass is 16.5. The van der Waals surface area contributed by atoms with Crippen molar-refractivity contribution in [1.29, 1.82) is 0 Å². The number of aryl methyl sites for hydroxylation is 1. The smallest absolute Gasteiger partial charge is 0.258 e. The lowest BCUT2D eigenvalue weighted by Gasteiger charge is -2.26. The van der Waals surface area contributed by atoms with Crippen LogP contribution in [0, 0.1) is 6.92 Å². The fourth-order valence-electron chi connectivity index (χ4n) is 4.22. The molecule has 0 unspecified atom stereocenters. The predicted molar refractivity (Wildman–Crippen MR) is 127 cm³/mol. The summed E-state index contributed by atoms with van der Waals surface area (Å²) in [6.45, 7) is 9.17. The number of aromatic nitrogens is 4. The van der Waals surface area contributed by atoms with Gasteiger partial charge >= 0.3 is 0 Å². The van der Waals surface area contributed by atoms with Gasteiger partial charge in [-0.25, -0.2) is 0 Å². The Hall–Kier alpha value is -3.56. The summed E-state index contributed by atoms with van der Waals surface area (Å²) in [6.07, 6.45) is 9.02. The number of ether oxygens (including phenoxy) is 1. The molecule has 3 aromatic rings. The second-order valence-corrected chi connectivity index (χ2v) is 8.33. The molecule has 5 heterocycles. The monoisotopic (exact) mass is 445 g/mol. The molecule has 1 fully saturated rings. The molecule has 9 nitrogen and oxygen atoms in total. The molecule has 0 aliphatic carbocycles. The van der Waals surface area contributed by atoms with E-state index in [1.54, 1.807) is 24.8 Å². The van der Waals surface area contributed by atoms with Crippen LogP contribution >= 0.6 is 0 Å². The number of rotatable bonds is 6. The molecule has 170 valence electrons. The summed E-state index contributed by atoms with van der Waals surface area (Å²) in [6, 6.07) is 3.90. The minimum Gasteiger partial charge on any atom is -0.379 e. The Bertz CT molecular complexity index is 1210. The van der Waals surface area contributed by atoms with Gasteiger partial charge in [0.1, 0.15) is 0 Å². The van der Waals surface area contributed by atoms with Crippen molar-refractivity contribution in [3.8, 4) is 11.3 Å². The van der Waals surface area contributed by atoms with E-state index in [-0.39, 0.29) is 5.91 Å². The van der Waals surface area contributed by atoms with Gasteiger partial charge in [0, 0.05) is 55.0 Å². The Balaban J connectivity index is 1.35. The Morgan fingerprint density at radius 3 is 2.85 bits per heavy atom. The maximum Gasteiger partial charge on any atom is 0.258 e. The van der Waals surface area contributed by atoms with Gasteiger partial charge in [0.2, 0.25) is 0 Å². The molecule has 33 heavy (non-hydrogen) atoms. The van der Waals surface area contributed by atoms with Crippen molar-refractivity contribution < 1.29 is 9.53 Å². The molecule has 0 atom stereocenters. The zero-order valence-corrected chi connectivity index (χ0v) is 18.8. The molecule has 3 aromatic heterocycles. The maximum absolute atomic E-state index is 12.8. The van der Waals surface area contributed by atoms with Crippen LogP contribution in [0.4, 0.5) is 11.4 Å². The van der Waals surface area contributed by atoms with Crippen molar-refractivity contribution in [2.24, 2.45) is 0 Å². The van der Waals surface area contributed by atoms with Crippen LogP contribution in [-0.4, -0.2) is 63.4 Å². The van der Waals surface area contributed by atoms with Crippen LogP contribution in [0.25, 0.3) is 16.8 Å². The SMILES string of the molecule is C/C(Nc1cnn(CCN2CCOCC2)c1)=C1/C(=O)Nc2cnc(-c3cnccc3C)cc21. The van der Waals surface area contributed by atoms with Crippen molar-refractivity contribution in [1.82, 2.24) is 24.6 Å². The summed E-state index contributed by atoms with van der Waals surface area (Å²) >= 11 is 0. The fourth-order valence-corrected chi connectivity index (χ4v) is 4.22. The molecule has 1 saturated heterocycles. The lowest BCUT2D eigenvalue weighted by molar-refractivity contribution is -0.110. The molecule has 0 saturated carbocycles. The molecule has 2 aliphatic rings. The van der Waals surface area contributed by atoms with E-state index in [2.05, 4.69) is 30.6 Å². The van der Waals surface area contributed by atoms with E-state index in [0.29, 0.717) is 11.3 Å². The van der Waals surface area contributed by atoms with Crippen molar-refractivity contribution in [2.75, 3.05) is 43.5 Å². The Kier molecular flexibility index (Phi) is 5.89. The van der Waals surface area contributed by atoms with Crippen LogP contribution in [-0.2, 0) is 16.1 Å². The maximum atomic E-state index is 12.8. The number of nitrogens with one attached hydrogen (secondary N) is 2. The van der Waals surface area contributed by atoms with Crippen molar-refractivity contribution in [3.05, 3.63) is 59.9 Å². The van der Waals surface area contributed by atoms with Crippen LogP contribution in [0.1, 0.15) is 18.1 Å². The first-order valence-corrected chi connectivity index (χ1v) is 11.1. The van der Waals surface area contributed by atoms with Gasteiger partial charge < -0.3 is 15.4 Å². The summed E-state index contributed by atoms with van der Waals surface area (Å²) in [5.41, 5.74) is 6.58. The third-order valence-corrected chi connectivity index (χ3v) is 6.05. The number of pyridine rings is 2. The summed E-state index contributed by atoms with van der Waals surface area (Å²) in [5, 5.41) is 10.7. The van der Waals surface area contributed by atoms with Crippen molar-refractivity contribution >= 4 is 22.9 Å². The van der Waals surface area contributed by atoms with Gasteiger partial charge in [-0.3, -0.25) is 24.3 Å². The van der Waals surface area contributed by atoms with E-state index >= 15 is 0 Å². The minimum atomic E-state index is -0.142. The van der Waals surface area contributed by atoms with E-state index in [9.17, 15) is 4.79 Å². The highest BCUT2D eigenvalue weighted by molar-refractivity contribution is 6.32. The number of morpholine rings is 1. The van der Waals surface area contributed by atoms with Crippen LogP contribution < -0.4 is 10.6 Å². The number of hydrogen-bond acceptors (Lipinski definition) is 7. The molecule has 5 rings (SSSR count). The molecular weight excluding hydrogens is 418 g/mol. The first-order valence-electron chi connectivity index (χ1n) is 11.1. The summed E-state index contributed by atoms with van der Waals surface area (Å²) in [5.74, 6) is -0.142. The van der Waals surface area contributed by atoms with Gasteiger partial charge in [0.15, 0.2) is 0 Å². The Morgan fingerprint density at radius 1 is 1.18 bits per heavy atom. The lowest BCUT2D eigenvalue weighted by atomic mass is 10.0. The van der Waals surface area contributed by atoms with E-state index in [1.807, 2.05) is 36.9 Å². The van der Waals surface area contributed by atoms with E-state index in [0.717, 1.165) is 73.2 Å². The molecular formula is C24H27N7O2. The van der Waals surface area contributed by atoms with Crippen LogP contribution in [0.3, 0.4) is 0 Å². The number of allylic oxidation sites excluding steroid dienone is 1. The molecule has 1 amide bonds. The van der Waals surface area contributed by atoms with E-state index in [1.165, 1.54) is 0 Å². The summed E-state index contributed by atoms with van der Waals surface area (Å²) in [7, 11) is 0. The van der Waals surface area contributed by atoms with Crippen molar-refractivity contribution in [2.45, 2.75) is 20.4 Å². The lowest BCUT2D eigenvalue weighted by Crippen LogP contribution is -2.38. The van der Waals surface area contributed by atoms with Crippen LogP contribution in [0.2, 0.25) is 0 Å². The zero-order valence-electron chi connectivity index (χ0n) is 18.8. The van der Waals surface area contributed by atoms with E-state index in [4.69, 9.17) is 4.74 Å². The number of fused-ring (bicyclic) bond motifs is 1. The molecule has 0 aromatic carbocycles. The highest BCUT2D eigenvalue weighted by Crippen LogP contribution is 2.36. The fraction of sp³-hybridized carbons (Fsp3) is 0.333. The number of anilines is 2. The Morgan fingerprint density at radius 2 is 2.03 bits per heavy atom. The standard InChI is InChI=1S/C24H27N7O2/c1-16-3-4-25-13-20(16)21-11-19-22(14-26-21)29-24(32)23(19)17(2)28-18-12-27-31(15-18)6-5-30-7-9-33-10-8-30/h3-4,11-15,28H,5-10H2,1-2H3,(H,29,32)/b23-17-. The van der Waals surface area contributed by atoms with Gasteiger partial charge in [-0.2, -0.15) is 5.10 Å². The normalized spacial score (nSPS) is 17.6. The van der Waals surface area contributed by atoms with Gasteiger partial charge in [0.05, 0.1) is 54.8 Å². The number of nitrogens with zero attached hydrogens (tertiary/aromatic N) is 5. The largest absolute Gasteiger partial charge is 0.379 e. The minimum absolute atomic E-state index is 0.142. The highest BCUT2D eigenvalue weighted by Gasteiger charge is 2.27. The number of amides is 1. The quantitative estimate of drug-likeness (QED) is 0.563. The number of carbonyl (C=O) groups is 1. The molecule has 2 aliphatic heterocycles. The van der Waals surface area contributed by atoms with Crippen LogP contribution in [0.15, 0.2) is 48.8 Å². The summed E-state index contributed by atoms with van der Waals surface area (Å²) in [4.78, 5) is 23.9. The second-order valence-electron chi connectivity index (χ2n) is 8.33. The van der Waals surface area contributed by atoms with E-state index < -0.39 is 0 Å². The first kappa shape index (κ1) is 21.3. The molecule has 0 radical (unpaired) electrons. The topological polar surface area (TPSA) is 97.2 Å². The van der Waals surface area contributed by atoms with Crippen LogP contribution in [0.5, 0.6) is 0 Å². The number of carbonyl (C=O) groups excluding carboxylic acids is 1. The Labute approximate surface area is 192 Å². The van der Waals surface area contributed by atoms with Gasteiger partial charge in [0.25, 0.3) is 5.91 Å². The van der Waals surface area contributed by atoms with Gasteiger partial charge in [-0.1, -0.05) is 0 Å². The average molecular weight is 446 g/mol.